The second-order valence-corrected chi connectivity index (χ2v) is 6.12. The molecule has 1 unspecified atom stereocenters. The van der Waals surface area contributed by atoms with E-state index in [4.69, 9.17) is 0 Å². The number of nitrogens with one attached hydrogen (secondary N) is 1. The van der Waals surface area contributed by atoms with Gasteiger partial charge >= 0.3 is 0 Å². The van der Waals surface area contributed by atoms with Crippen LogP contribution in [0.3, 0.4) is 0 Å². The van der Waals surface area contributed by atoms with Gasteiger partial charge in [0.1, 0.15) is 0 Å². The number of hydrogen-bond acceptors (Lipinski definition) is 3. The molecular weight excluding hydrogens is 262 g/mol. The fraction of sp³-hybridized carbons (Fsp3) is 0.625. The Morgan fingerprint density at radius 2 is 2.10 bits per heavy atom. The average Bonchev–Trinajstić information content (AvgIpc) is 3.19. The van der Waals surface area contributed by atoms with Gasteiger partial charge < -0.3 is 5.32 Å². The summed E-state index contributed by atoms with van der Waals surface area (Å²) in [6.45, 7) is 5.16. The summed E-state index contributed by atoms with van der Waals surface area (Å²) in [7, 11) is 1.99. The summed E-state index contributed by atoms with van der Waals surface area (Å²) in [5.74, 6) is 0. The van der Waals surface area contributed by atoms with Crippen molar-refractivity contribution in [3.63, 3.8) is 0 Å². The Kier molecular flexibility index (Phi) is 4.10. The summed E-state index contributed by atoms with van der Waals surface area (Å²) in [6, 6.07) is 3.03. The average molecular weight is 287 g/mol. The molecule has 0 bridgehead atoms. The van der Waals surface area contributed by atoms with Crippen molar-refractivity contribution in [1.82, 2.24) is 24.9 Å². The molecule has 114 valence electrons. The standard InChI is InChI=1S/C16H25N5/c1-12(16-11-19-20(3)13(16)2)17-10-15-8-9-18-21(15)14-6-4-5-7-14/h8-9,11-12,14,17H,4-7,10H2,1-3H3. The second kappa shape index (κ2) is 6.02. The van der Waals surface area contributed by atoms with Crippen molar-refractivity contribution in [2.45, 2.75) is 58.2 Å². The van der Waals surface area contributed by atoms with Gasteiger partial charge in [-0.2, -0.15) is 10.2 Å². The lowest BCUT2D eigenvalue weighted by atomic mass is 10.1. The Morgan fingerprint density at radius 1 is 1.33 bits per heavy atom. The second-order valence-electron chi connectivity index (χ2n) is 6.12. The highest BCUT2D eigenvalue weighted by Gasteiger charge is 2.20. The molecule has 1 atom stereocenters. The van der Waals surface area contributed by atoms with E-state index in [1.54, 1.807) is 0 Å². The van der Waals surface area contributed by atoms with Gasteiger partial charge in [-0.1, -0.05) is 12.8 Å². The van der Waals surface area contributed by atoms with Gasteiger partial charge in [0.25, 0.3) is 0 Å². The van der Waals surface area contributed by atoms with Crippen LogP contribution in [0, 0.1) is 6.92 Å². The molecule has 0 aromatic carbocycles. The van der Waals surface area contributed by atoms with Crippen LogP contribution in [-0.4, -0.2) is 19.6 Å². The highest BCUT2D eigenvalue weighted by molar-refractivity contribution is 5.20. The van der Waals surface area contributed by atoms with E-state index < -0.39 is 0 Å². The van der Waals surface area contributed by atoms with Gasteiger partial charge in [0.05, 0.1) is 17.9 Å². The van der Waals surface area contributed by atoms with Crippen molar-refractivity contribution in [3.8, 4) is 0 Å². The first-order valence-electron chi connectivity index (χ1n) is 7.91. The van der Waals surface area contributed by atoms with E-state index in [-0.39, 0.29) is 0 Å². The monoisotopic (exact) mass is 287 g/mol. The molecular formula is C16H25N5. The number of rotatable bonds is 5. The van der Waals surface area contributed by atoms with Gasteiger partial charge in [-0.25, -0.2) is 0 Å². The summed E-state index contributed by atoms with van der Waals surface area (Å²) in [5, 5.41) is 12.5. The SMILES string of the molecule is Cc1c(C(C)NCc2ccnn2C2CCCC2)cnn1C. The molecule has 2 aromatic heterocycles. The van der Waals surface area contributed by atoms with Crippen LogP contribution in [-0.2, 0) is 13.6 Å². The van der Waals surface area contributed by atoms with Gasteiger partial charge in [0.2, 0.25) is 0 Å². The third-order valence-corrected chi connectivity index (χ3v) is 4.75. The number of aryl methyl sites for hydroxylation is 1. The summed E-state index contributed by atoms with van der Waals surface area (Å²) in [5.41, 5.74) is 3.78. The Balaban J connectivity index is 1.65. The summed E-state index contributed by atoms with van der Waals surface area (Å²) in [4.78, 5) is 0. The van der Waals surface area contributed by atoms with Crippen LogP contribution in [0.15, 0.2) is 18.5 Å². The Morgan fingerprint density at radius 3 is 2.76 bits per heavy atom. The van der Waals surface area contributed by atoms with Crippen LogP contribution in [0.25, 0.3) is 0 Å². The van der Waals surface area contributed by atoms with Crippen LogP contribution in [0.2, 0.25) is 0 Å². The molecule has 2 aromatic rings. The largest absolute Gasteiger partial charge is 0.304 e. The molecule has 5 heteroatoms. The lowest BCUT2D eigenvalue weighted by Crippen LogP contribution is -2.22. The molecule has 0 spiro atoms. The molecule has 1 saturated carbocycles. The molecule has 1 aliphatic carbocycles. The summed E-state index contributed by atoms with van der Waals surface area (Å²) >= 11 is 0. The molecule has 0 saturated heterocycles. The van der Waals surface area contributed by atoms with Gasteiger partial charge in [-0.05, 0) is 32.8 Å². The molecule has 1 N–H and O–H groups in total. The van der Waals surface area contributed by atoms with Crippen molar-refractivity contribution in [3.05, 3.63) is 35.4 Å². The zero-order chi connectivity index (χ0) is 14.8. The van der Waals surface area contributed by atoms with Gasteiger partial charge in [-0.15, -0.1) is 0 Å². The molecule has 0 amide bonds. The first-order chi connectivity index (χ1) is 10.2. The maximum atomic E-state index is 4.53. The van der Waals surface area contributed by atoms with E-state index >= 15 is 0 Å². The number of nitrogens with zero attached hydrogens (tertiary/aromatic N) is 4. The lowest BCUT2D eigenvalue weighted by molar-refractivity contribution is 0.434. The van der Waals surface area contributed by atoms with Crippen LogP contribution < -0.4 is 5.32 Å². The molecule has 2 heterocycles. The first kappa shape index (κ1) is 14.3. The van der Waals surface area contributed by atoms with Gasteiger partial charge in [0.15, 0.2) is 0 Å². The van der Waals surface area contributed by atoms with Crippen molar-refractivity contribution >= 4 is 0 Å². The van der Waals surface area contributed by atoms with Crippen LogP contribution in [0.4, 0.5) is 0 Å². The van der Waals surface area contributed by atoms with Gasteiger partial charge in [0, 0.05) is 37.1 Å². The zero-order valence-electron chi connectivity index (χ0n) is 13.2. The zero-order valence-corrected chi connectivity index (χ0v) is 13.2. The quantitative estimate of drug-likeness (QED) is 0.920. The lowest BCUT2D eigenvalue weighted by Gasteiger charge is -2.17. The highest BCUT2D eigenvalue weighted by atomic mass is 15.3. The molecule has 0 radical (unpaired) electrons. The third kappa shape index (κ3) is 2.88. The van der Waals surface area contributed by atoms with E-state index in [0.29, 0.717) is 12.1 Å². The third-order valence-electron chi connectivity index (χ3n) is 4.75. The highest BCUT2D eigenvalue weighted by Crippen LogP contribution is 2.29. The van der Waals surface area contributed by atoms with Crippen molar-refractivity contribution in [2.75, 3.05) is 0 Å². The van der Waals surface area contributed by atoms with Crippen LogP contribution >= 0.6 is 0 Å². The Labute approximate surface area is 126 Å². The van der Waals surface area contributed by atoms with Crippen molar-refractivity contribution < 1.29 is 0 Å². The van der Waals surface area contributed by atoms with E-state index in [1.165, 1.54) is 42.6 Å². The molecule has 1 aliphatic rings. The van der Waals surface area contributed by atoms with Crippen LogP contribution in [0.5, 0.6) is 0 Å². The minimum absolute atomic E-state index is 0.297. The van der Waals surface area contributed by atoms with Crippen molar-refractivity contribution in [2.24, 2.45) is 7.05 Å². The molecule has 5 nitrogen and oxygen atoms in total. The van der Waals surface area contributed by atoms with E-state index in [2.05, 4.69) is 40.1 Å². The van der Waals surface area contributed by atoms with E-state index in [0.717, 1.165) is 6.54 Å². The van der Waals surface area contributed by atoms with Gasteiger partial charge in [-0.3, -0.25) is 9.36 Å². The van der Waals surface area contributed by atoms with E-state index in [9.17, 15) is 0 Å². The topological polar surface area (TPSA) is 47.7 Å². The maximum absolute atomic E-state index is 4.53. The Bertz CT molecular complexity index is 592. The molecule has 1 fully saturated rings. The first-order valence-corrected chi connectivity index (χ1v) is 7.91. The number of aromatic nitrogens is 4. The fourth-order valence-electron chi connectivity index (χ4n) is 3.27. The number of hydrogen-bond donors (Lipinski definition) is 1. The smallest absolute Gasteiger partial charge is 0.0540 e. The minimum atomic E-state index is 0.297. The van der Waals surface area contributed by atoms with E-state index in [1.807, 2.05) is 24.1 Å². The van der Waals surface area contributed by atoms with Crippen molar-refractivity contribution in [1.29, 1.82) is 0 Å². The Hall–Kier alpha value is -1.62. The fourth-order valence-corrected chi connectivity index (χ4v) is 3.27. The molecule has 0 aliphatic heterocycles. The minimum Gasteiger partial charge on any atom is -0.304 e. The predicted octanol–water partition coefficient (Wildman–Crippen LogP) is 2.89. The summed E-state index contributed by atoms with van der Waals surface area (Å²) in [6.07, 6.45) is 9.10. The summed E-state index contributed by atoms with van der Waals surface area (Å²) < 4.78 is 4.15. The normalized spacial score (nSPS) is 17.5. The molecule has 3 rings (SSSR count). The maximum Gasteiger partial charge on any atom is 0.0540 e. The predicted molar refractivity (Wildman–Crippen MR) is 82.9 cm³/mol. The van der Waals surface area contributed by atoms with Crippen LogP contribution in [0.1, 0.15) is 61.6 Å². The molecule has 21 heavy (non-hydrogen) atoms.